The predicted octanol–water partition coefficient (Wildman–Crippen LogP) is 3.64. The summed E-state index contributed by atoms with van der Waals surface area (Å²) in [5.41, 5.74) is 5.13. The number of aliphatic hydroxyl groups is 1. The van der Waals surface area contributed by atoms with Crippen LogP contribution in [0.2, 0.25) is 0 Å². The molecular weight excluding hydrogens is 429 g/mol. The van der Waals surface area contributed by atoms with Crippen molar-refractivity contribution in [3.63, 3.8) is 0 Å². The molecule has 6 nitrogen and oxygen atoms in total. The highest BCUT2D eigenvalue weighted by molar-refractivity contribution is 7.13. The van der Waals surface area contributed by atoms with Crippen LogP contribution in [-0.2, 0) is 16.1 Å². The van der Waals surface area contributed by atoms with Crippen LogP contribution in [0.25, 0.3) is 10.4 Å². The molecule has 4 rings (SSSR count). The number of rotatable bonds is 7. The van der Waals surface area contributed by atoms with Crippen molar-refractivity contribution in [3.05, 3.63) is 52.4 Å². The van der Waals surface area contributed by atoms with Crippen molar-refractivity contribution < 1.29 is 19.1 Å². The summed E-state index contributed by atoms with van der Waals surface area (Å²) >= 11 is 1.59. The lowest BCUT2D eigenvalue weighted by atomic mass is 9.96. The molecule has 1 aromatic heterocycles. The number of amides is 2. The molecule has 0 radical (unpaired) electrons. The van der Waals surface area contributed by atoms with Crippen LogP contribution in [-0.4, -0.2) is 34.1 Å². The number of aromatic nitrogens is 1. The molecule has 2 fully saturated rings. The lowest BCUT2D eigenvalue weighted by Gasteiger charge is -2.20. The van der Waals surface area contributed by atoms with Gasteiger partial charge in [-0.2, -0.15) is 0 Å². The van der Waals surface area contributed by atoms with Gasteiger partial charge in [0.05, 0.1) is 34.1 Å². The molecule has 8 heteroatoms. The number of thiazole rings is 1. The van der Waals surface area contributed by atoms with Crippen LogP contribution in [0.3, 0.4) is 0 Å². The fourth-order valence-electron chi connectivity index (χ4n) is 4.32. The van der Waals surface area contributed by atoms with E-state index in [0.717, 1.165) is 34.5 Å². The van der Waals surface area contributed by atoms with E-state index >= 15 is 4.39 Å². The third-order valence-corrected chi connectivity index (χ3v) is 7.14. The summed E-state index contributed by atoms with van der Waals surface area (Å²) < 4.78 is 15.4. The fourth-order valence-corrected chi connectivity index (χ4v) is 5.14. The zero-order valence-corrected chi connectivity index (χ0v) is 19.0. The summed E-state index contributed by atoms with van der Waals surface area (Å²) in [6.07, 6.45) is 1.25. The molecule has 0 bridgehead atoms. The second kappa shape index (κ2) is 9.50. The number of carbonyl (C=O) groups is 2. The number of hydrogen-bond donors (Lipinski definition) is 3. The van der Waals surface area contributed by atoms with Gasteiger partial charge >= 0.3 is 0 Å². The first-order valence-electron chi connectivity index (χ1n) is 10.9. The largest absolute Gasteiger partial charge is 0.393 e. The van der Waals surface area contributed by atoms with Crippen LogP contribution in [0.4, 0.5) is 4.39 Å². The van der Waals surface area contributed by atoms with Gasteiger partial charge in [0.15, 0.2) is 0 Å². The monoisotopic (exact) mass is 457 g/mol. The summed E-state index contributed by atoms with van der Waals surface area (Å²) in [5.74, 6) is -1.71. The van der Waals surface area contributed by atoms with E-state index < -0.39 is 23.9 Å². The predicted molar refractivity (Wildman–Crippen MR) is 121 cm³/mol. The number of nitrogens with zero attached hydrogens (tertiary/aromatic N) is 1. The summed E-state index contributed by atoms with van der Waals surface area (Å²) in [5, 5.41) is 15.7. The maximum atomic E-state index is 15.4. The smallest absolute Gasteiger partial charge is 0.227 e. The van der Waals surface area contributed by atoms with E-state index in [1.54, 1.807) is 11.3 Å². The molecule has 2 saturated carbocycles. The van der Waals surface area contributed by atoms with Crippen LogP contribution >= 0.6 is 11.3 Å². The second-order valence-electron chi connectivity index (χ2n) is 8.72. The van der Waals surface area contributed by atoms with Gasteiger partial charge in [-0.1, -0.05) is 24.3 Å². The van der Waals surface area contributed by atoms with Gasteiger partial charge in [0.25, 0.3) is 0 Å². The van der Waals surface area contributed by atoms with E-state index in [1.165, 1.54) is 6.92 Å². The summed E-state index contributed by atoms with van der Waals surface area (Å²) in [6, 6.07) is 7.20. The minimum absolute atomic E-state index is 0.0635. The molecule has 2 aromatic rings. The van der Waals surface area contributed by atoms with Crippen molar-refractivity contribution in [1.82, 2.24) is 15.6 Å². The molecule has 1 heterocycles. The molecule has 0 spiro atoms. The van der Waals surface area contributed by atoms with Gasteiger partial charge in [-0.15, -0.1) is 11.3 Å². The van der Waals surface area contributed by atoms with Crippen molar-refractivity contribution in [2.45, 2.75) is 58.2 Å². The fraction of sp³-hybridized carbons (Fsp3) is 0.458. The zero-order valence-electron chi connectivity index (χ0n) is 18.2. The van der Waals surface area contributed by atoms with Crippen LogP contribution in [0, 0.1) is 18.8 Å². The first-order valence-corrected chi connectivity index (χ1v) is 11.8. The SMILES string of the molecule is CC(=O)N[C@H](/C(F)=C1\C[C@H](O)C[C@H]1C(=O)NCc1ccc(-c2scnc2C)cc1)C1CC1. The highest BCUT2D eigenvalue weighted by Crippen LogP contribution is 2.41. The van der Waals surface area contributed by atoms with Gasteiger partial charge in [0.2, 0.25) is 11.8 Å². The van der Waals surface area contributed by atoms with E-state index in [4.69, 9.17) is 0 Å². The van der Waals surface area contributed by atoms with Crippen LogP contribution in [0.15, 0.2) is 41.2 Å². The summed E-state index contributed by atoms with van der Waals surface area (Å²) in [7, 11) is 0. The number of carbonyl (C=O) groups excluding carboxylic acids is 2. The molecule has 3 N–H and O–H groups in total. The third-order valence-electron chi connectivity index (χ3n) is 6.16. The Morgan fingerprint density at radius 2 is 2.00 bits per heavy atom. The second-order valence-corrected chi connectivity index (χ2v) is 9.57. The number of halogens is 1. The molecule has 3 atom stereocenters. The quantitative estimate of drug-likeness (QED) is 0.592. The molecule has 32 heavy (non-hydrogen) atoms. The van der Waals surface area contributed by atoms with Gasteiger partial charge < -0.3 is 15.7 Å². The molecular formula is C24H28FN3O3S. The number of aryl methyl sites for hydroxylation is 1. The van der Waals surface area contributed by atoms with E-state index in [2.05, 4.69) is 15.6 Å². The van der Waals surface area contributed by atoms with Crippen molar-refractivity contribution >= 4 is 23.2 Å². The van der Waals surface area contributed by atoms with Crippen molar-refractivity contribution in [3.8, 4) is 10.4 Å². The van der Waals surface area contributed by atoms with E-state index in [-0.39, 0.29) is 30.6 Å². The van der Waals surface area contributed by atoms with E-state index in [1.807, 2.05) is 36.7 Å². The van der Waals surface area contributed by atoms with Crippen molar-refractivity contribution in [1.29, 1.82) is 0 Å². The maximum absolute atomic E-state index is 15.4. The molecule has 2 aliphatic rings. The van der Waals surface area contributed by atoms with Crippen LogP contribution in [0.5, 0.6) is 0 Å². The van der Waals surface area contributed by atoms with Gasteiger partial charge in [0.1, 0.15) is 5.83 Å². The first-order chi connectivity index (χ1) is 15.3. The lowest BCUT2D eigenvalue weighted by molar-refractivity contribution is -0.124. The Morgan fingerprint density at radius 1 is 1.28 bits per heavy atom. The molecule has 0 aliphatic heterocycles. The van der Waals surface area contributed by atoms with Crippen LogP contribution in [0.1, 0.15) is 43.9 Å². The molecule has 2 aliphatic carbocycles. The van der Waals surface area contributed by atoms with E-state index in [0.29, 0.717) is 12.1 Å². The normalized spacial score (nSPS) is 23.0. The zero-order chi connectivity index (χ0) is 22.8. The Labute approximate surface area is 191 Å². The average molecular weight is 458 g/mol. The Bertz CT molecular complexity index is 1030. The lowest BCUT2D eigenvalue weighted by Crippen LogP contribution is -2.37. The van der Waals surface area contributed by atoms with E-state index in [9.17, 15) is 14.7 Å². The van der Waals surface area contributed by atoms with Gasteiger partial charge in [0, 0.05) is 13.5 Å². The Hall–Kier alpha value is -2.58. The number of nitrogens with one attached hydrogen (secondary N) is 2. The Balaban J connectivity index is 1.43. The minimum atomic E-state index is -0.759. The number of hydrogen-bond acceptors (Lipinski definition) is 5. The van der Waals surface area contributed by atoms with Gasteiger partial charge in [-0.25, -0.2) is 9.37 Å². The molecule has 170 valence electrons. The Kier molecular flexibility index (Phi) is 6.71. The molecule has 2 amide bonds. The maximum Gasteiger partial charge on any atom is 0.227 e. The Morgan fingerprint density at radius 3 is 2.59 bits per heavy atom. The standard InChI is InChI=1S/C24H28FN3O3S/c1-13-23(32-12-27-13)17-5-3-15(4-6-17)11-26-24(31)20-10-18(30)9-19(20)21(25)22(16-7-8-16)28-14(2)29/h3-6,12,16,18,20,22,30H,7-11H2,1-2H3,(H,26,31)(H,28,29)/b21-19-/t18-,20+,22-/m0/s1. The topological polar surface area (TPSA) is 91.3 Å². The average Bonchev–Trinajstić information content (AvgIpc) is 3.40. The van der Waals surface area contributed by atoms with Crippen molar-refractivity contribution in [2.24, 2.45) is 11.8 Å². The summed E-state index contributed by atoms with van der Waals surface area (Å²) in [6.45, 7) is 3.66. The molecule has 1 aromatic carbocycles. The highest BCUT2D eigenvalue weighted by Gasteiger charge is 2.41. The van der Waals surface area contributed by atoms with Crippen molar-refractivity contribution in [2.75, 3.05) is 0 Å². The third kappa shape index (κ3) is 5.07. The van der Waals surface area contributed by atoms with Gasteiger partial charge in [-0.3, -0.25) is 9.59 Å². The number of benzene rings is 1. The molecule has 0 saturated heterocycles. The summed E-state index contributed by atoms with van der Waals surface area (Å²) in [4.78, 5) is 29.8. The molecule has 0 unspecified atom stereocenters. The number of aliphatic hydroxyl groups excluding tert-OH is 1. The first kappa shape index (κ1) is 22.6. The highest BCUT2D eigenvalue weighted by atomic mass is 32.1. The minimum Gasteiger partial charge on any atom is -0.393 e. The van der Waals surface area contributed by atoms with Gasteiger partial charge in [-0.05, 0) is 55.2 Å². The van der Waals surface area contributed by atoms with Crippen LogP contribution < -0.4 is 10.6 Å².